The van der Waals surface area contributed by atoms with Crippen LogP contribution in [0.4, 0.5) is 0 Å². The Morgan fingerprint density at radius 2 is 1.60 bits per heavy atom. The Balaban J connectivity index is 2.25. The van der Waals surface area contributed by atoms with E-state index < -0.39 is 0 Å². The average Bonchev–Trinajstić information content (AvgIpc) is 2.77. The van der Waals surface area contributed by atoms with Crippen LogP contribution in [0.1, 0.15) is 97.8 Å². The summed E-state index contributed by atoms with van der Waals surface area (Å²) in [6.45, 7) is 7.03. The predicted molar refractivity (Wildman–Crippen MR) is 90.0 cm³/mol. The van der Waals surface area contributed by atoms with E-state index in [0.29, 0.717) is 0 Å². The SMILES string of the molecule is CCCCC1=C(CCC)C(CCCC)C2=C1CCCC2. The molecule has 0 aromatic carbocycles. The quantitative estimate of drug-likeness (QED) is 0.448. The third-order valence-corrected chi connectivity index (χ3v) is 5.25. The highest BCUT2D eigenvalue weighted by atomic mass is 14.4. The minimum atomic E-state index is 0.858. The lowest BCUT2D eigenvalue weighted by molar-refractivity contribution is 0.541. The molecular weight excluding hydrogens is 240 g/mol. The molecule has 0 spiro atoms. The van der Waals surface area contributed by atoms with E-state index >= 15 is 0 Å². The van der Waals surface area contributed by atoms with Crippen LogP contribution >= 0.6 is 0 Å². The maximum Gasteiger partial charge on any atom is 0.00188 e. The molecular formula is C20H34. The Morgan fingerprint density at radius 1 is 0.850 bits per heavy atom. The zero-order valence-electron chi connectivity index (χ0n) is 14.1. The minimum Gasteiger partial charge on any atom is -0.0654 e. The maximum atomic E-state index is 2.36. The normalized spacial score (nSPS) is 22.6. The van der Waals surface area contributed by atoms with E-state index in [1.807, 2.05) is 22.3 Å². The van der Waals surface area contributed by atoms with E-state index in [2.05, 4.69) is 20.8 Å². The largest absolute Gasteiger partial charge is 0.0654 e. The first-order chi connectivity index (χ1) is 9.83. The van der Waals surface area contributed by atoms with Crippen LogP contribution in [-0.2, 0) is 0 Å². The molecule has 20 heavy (non-hydrogen) atoms. The summed E-state index contributed by atoms with van der Waals surface area (Å²) in [5.74, 6) is 0.858. The van der Waals surface area contributed by atoms with Crippen LogP contribution in [0.25, 0.3) is 0 Å². The molecule has 0 saturated carbocycles. The van der Waals surface area contributed by atoms with Gasteiger partial charge in [-0.3, -0.25) is 0 Å². The van der Waals surface area contributed by atoms with E-state index in [1.165, 1.54) is 77.0 Å². The third-order valence-electron chi connectivity index (χ3n) is 5.25. The van der Waals surface area contributed by atoms with Crippen molar-refractivity contribution in [3.05, 3.63) is 22.3 Å². The standard InChI is InChI=1S/C20H34/c1-4-7-12-17-16(11-6-3)18(13-8-5-2)20-15-10-9-14-19(17)20/h17H,4-15H2,1-3H3. The number of hydrogen-bond donors (Lipinski definition) is 0. The highest BCUT2D eigenvalue weighted by molar-refractivity contribution is 5.50. The van der Waals surface area contributed by atoms with Crippen molar-refractivity contribution in [3.8, 4) is 0 Å². The molecule has 0 heteroatoms. The molecule has 2 aliphatic carbocycles. The number of rotatable bonds is 8. The first-order valence-corrected chi connectivity index (χ1v) is 9.27. The summed E-state index contributed by atoms with van der Waals surface area (Å²) < 4.78 is 0. The fourth-order valence-corrected chi connectivity index (χ4v) is 4.29. The van der Waals surface area contributed by atoms with Gasteiger partial charge in [-0.25, -0.2) is 0 Å². The maximum absolute atomic E-state index is 2.36. The molecule has 0 aliphatic heterocycles. The van der Waals surface area contributed by atoms with Crippen molar-refractivity contribution in [3.63, 3.8) is 0 Å². The van der Waals surface area contributed by atoms with Crippen LogP contribution in [0.5, 0.6) is 0 Å². The van der Waals surface area contributed by atoms with Crippen LogP contribution in [0.15, 0.2) is 22.3 Å². The van der Waals surface area contributed by atoms with E-state index in [9.17, 15) is 0 Å². The van der Waals surface area contributed by atoms with Crippen LogP contribution in [-0.4, -0.2) is 0 Å². The summed E-state index contributed by atoms with van der Waals surface area (Å²) in [5.41, 5.74) is 7.44. The van der Waals surface area contributed by atoms with Crippen LogP contribution in [0.2, 0.25) is 0 Å². The zero-order chi connectivity index (χ0) is 14.4. The van der Waals surface area contributed by atoms with Gasteiger partial charge in [-0.2, -0.15) is 0 Å². The van der Waals surface area contributed by atoms with Crippen molar-refractivity contribution in [2.45, 2.75) is 97.8 Å². The van der Waals surface area contributed by atoms with E-state index in [1.54, 1.807) is 0 Å². The van der Waals surface area contributed by atoms with Gasteiger partial charge in [0.15, 0.2) is 0 Å². The lowest BCUT2D eigenvalue weighted by Crippen LogP contribution is -2.07. The molecule has 2 aliphatic rings. The molecule has 0 radical (unpaired) electrons. The fraction of sp³-hybridized carbons (Fsp3) is 0.800. The lowest BCUT2D eigenvalue weighted by atomic mass is 9.83. The fourth-order valence-electron chi connectivity index (χ4n) is 4.29. The molecule has 0 heterocycles. The summed E-state index contributed by atoms with van der Waals surface area (Å²) >= 11 is 0. The van der Waals surface area contributed by atoms with Crippen molar-refractivity contribution in [1.29, 1.82) is 0 Å². The Bertz CT molecular complexity index is 369. The molecule has 1 atom stereocenters. The second-order valence-electron chi connectivity index (χ2n) is 6.76. The predicted octanol–water partition coefficient (Wildman–Crippen LogP) is 6.96. The van der Waals surface area contributed by atoms with E-state index in [4.69, 9.17) is 0 Å². The number of allylic oxidation sites excluding steroid dienone is 4. The van der Waals surface area contributed by atoms with Gasteiger partial charge in [0.05, 0.1) is 0 Å². The molecule has 0 nitrogen and oxygen atoms in total. The minimum absolute atomic E-state index is 0.858. The van der Waals surface area contributed by atoms with Gasteiger partial charge in [0.2, 0.25) is 0 Å². The summed E-state index contributed by atoms with van der Waals surface area (Å²) in [6, 6.07) is 0. The Kier molecular flexibility index (Phi) is 6.39. The topological polar surface area (TPSA) is 0 Å². The second-order valence-corrected chi connectivity index (χ2v) is 6.76. The summed E-state index contributed by atoms with van der Waals surface area (Å²) in [6.07, 6.45) is 16.7. The molecule has 0 bridgehead atoms. The first-order valence-electron chi connectivity index (χ1n) is 9.27. The van der Waals surface area contributed by atoms with Gasteiger partial charge in [-0.15, -0.1) is 0 Å². The Hall–Kier alpha value is -0.520. The molecule has 0 N–H and O–H groups in total. The molecule has 0 aromatic heterocycles. The number of hydrogen-bond acceptors (Lipinski definition) is 0. The van der Waals surface area contributed by atoms with Gasteiger partial charge in [0.1, 0.15) is 0 Å². The molecule has 0 aromatic rings. The molecule has 0 saturated heterocycles. The van der Waals surface area contributed by atoms with Gasteiger partial charge in [0.25, 0.3) is 0 Å². The second kappa shape index (κ2) is 8.05. The van der Waals surface area contributed by atoms with Gasteiger partial charge in [-0.05, 0) is 62.5 Å². The van der Waals surface area contributed by atoms with E-state index in [0.717, 1.165) is 5.92 Å². The summed E-state index contributed by atoms with van der Waals surface area (Å²) in [7, 11) is 0. The summed E-state index contributed by atoms with van der Waals surface area (Å²) in [5, 5.41) is 0. The van der Waals surface area contributed by atoms with Crippen LogP contribution in [0.3, 0.4) is 0 Å². The van der Waals surface area contributed by atoms with Gasteiger partial charge >= 0.3 is 0 Å². The van der Waals surface area contributed by atoms with Crippen LogP contribution in [0, 0.1) is 5.92 Å². The van der Waals surface area contributed by atoms with E-state index in [-0.39, 0.29) is 0 Å². The van der Waals surface area contributed by atoms with Crippen molar-refractivity contribution >= 4 is 0 Å². The highest BCUT2D eigenvalue weighted by Gasteiger charge is 2.32. The first kappa shape index (κ1) is 15.9. The monoisotopic (exact) mass is 274 g/mol. The average molecular weight is 274 g/mol. The molecule has 0 fully saturated rings. The van der Waals surface area contributed by atoms with Gasteiger partial charge < -0.3 is 0 Å². The number of unbranched alkanes of at least 4 members (excludes halogenated alkanes) is 2. The highest BCUT2D eigenvalue weighted by Crippen LogP contribution is 2.49. The Labute approximate surface area is 126 Å². The summed E-state index contributed by atoms with van der Waals surface area (Å²) in [4.78, 5) is 0. The Morgan fingerprint density at radius 3 is 2.30 bits per heavy atom. The molecule has 1 unspecified atom stereocenters. The van der Waals surface area contributed by atoms with Crippen molar-refractivity contribution in [2.24, 2.45) is 5.92 Å². The van der Waals surface area contributed by atoms with Crippen molar-refractivity contribution in [2.75, 3.05) is 0 Å². The third kappa shape index (κ3) is 3.38. The van der Waals surface area contributed by atoms with Gasteiger partial charge in [0, 0.05) is 5.92 Å². The van der Waals surface area contributed by atoms with Crippen molar-refractivity contribution in [1.82, 2.24) is 0 Å². The van der Waals surface area contributed by atoms with Crippen molar-refractivity contribution < 1.29 is 0 Å². The van der Waals surface area contributed by atoms with Crippen LogP contribution < -0.4 is 0 Å². The molecule has 2 rings (SSSR count). The molecule has 114 valence electrons. The van der Waals surface area contributed by atoms with Gasteiger partial charge in [-0.1, -0.05) is 57.6 Å². The smallest absolute Gasteiger partial charge is 0.00188 e. The molecule has 0 amide bonds. The zero-order valence-corrected chi connectivity index (χ0v) is 14.1. The lowest BCUT2D eigenvalue weighted by Gasteiger charge is -2.22.